The Hall–Kier alpha value is -3.13. The van der Waals surface area contributed by atoms with Crippen LogP contribution in [0.15, 0.2) is 46.3 Å². The maximum absolute atomic E-state index is 14.3. The summed E-state index contributed by atoms with van der Waals surface area (Å²) in [5.41, 5.74) is 2.88. The average Bonchev–Trinajstić information content (AvgIpc) is 3.54. The predicted molar refractivity (Wildman–Crippen MR) is 219 cm³/mol. The lowest BCUT2D eigenvalue weighted by Gasteiger charge is -2.72. The van der Waals surface area contributed by atoms with Crippen LogP contribution in [0.5, 0.6) is 0 Å². The fourth-order valence-electron chi connectivity index (χ4n) is 13.8. The van der Waals surface area contributed by atoms with Gasteiger partial charge in [-0.25, -0.2) is 4.68 Å². The normalized spacial score (nSPS) is 35.1. The van der Waals surface area contributed by atoms with E-state index >= 15 is 0 Å². The van der Waals surface area contributed by atoms with Gasteiger partial charge >= 0.3 is 11.9 Å². The van der Waals surface area contributed by atoms with Gasteiger partial charge in [-0.05, 0) is 135 Å². The summed E-state index contributed by atoms with van der Waals surface area (Å²) < 4.78 is 10.0. The number of ether oxygens (including phenoxy) is 1. The Labute approximate surface area is 338 Å². The molecule has 0 aliphatic heterocycles. The molecule has 8 atom stereocenters. The van der Waals surface area contributed by atoms with E-state index in [4.69, 9.17) is 16.3 Å². The smallest absolute Gasteiger partial charge is 0.309 e. The van der Waals surface area contributed by atoms with Gasteiger partial charge in [0.15, 0.2) is 5.78 Å². The number of carbonyl (C=O) groups is 3. The number of carbonyl (C=O) groups excluding carboxylic acids is 2. The Morgan fingerprint density at radius 2 is 1.61 bits per heavy atom. The molecular formula is C47H65ClN2O6. The third-order valence-corrected chi connectivity index (χ3v) is 17.3. The number of hydrogen-bond donors (Lipinski definition) is 1. The quantitative estimate of drug-likeness (QED) is 0.254. The number of nitrogens with zero attached hydrogens (tertiary/aromatic N) is 2. The second-order valence-corrected chi connectivity index (χ2v) is 21.5. The van der Waals surface area contributed by atoms with Crippen molar-refractivity contribution in [3.8, 4) is 0 Å². The van der Waals surface area contributed by atoms with E-state index in [-0.39, 0.29) is 51.1 Å². The second-order valence-electron chi connectivity index (χ2n) is 21.0. The number of esters is 1. The lowest BCUT2D eigenvalue weighted by atomic mass is 9.33. The SMILES string of the molecule is CC(C)C1=C2C3CC[C@H]4C(C)(CC[C@H]5C(C)(C)[C@@H](OC(=O)CC(C)(C)C(=O)O)CC[C@@]54C)[C@]3(C)CCC2(Cc2cc(=O)n(Cc3ccc(Cl)cc3)n2C)CC1=O. The highest BCUT2D eigenvalue weighted by Crippen LogP contribution is 2.77. The molecule has 9 heteroatoms. The van der Waals surface area contributed by atoms with Gasteiger partial charge in [-0.1, -0.05) is 77.8 Å². The molecule has 8 nitrogen and oxygen atoms in total. The molecule has 0 saturated heterocycles. The van der Waals surface area contributed by atoms with Crippen LogP contribution in [-0.4, -0.2) is 38.3 Å². The first-order valence-corrected chi connectivity index (χ1v) is 21.6. The van der Waals surface area contributed by atoms with E-state index in [1.165, 1.54) is 5.57 Å². The minimum absolute atomic E-state index is 0.00968. The van der Waals surface area contributed by atoms with Crippen molar-refractivity contribution >= 4 is 29.3 Å². The predicted octanol–water partition coefficient (Wildman–Crippen LogP) is 9.82. The number of aromatic nitrogens is 2. The molecule has 4 saturated carbocycles. The van der Waals surface area contributed by atoms with E-state index in [0.29, 0.717) is 47.9 Å². The van der Waals surface area contributed by atoms with Crippen LogP contribution in [0.1, 0.15) is 138 Å². The summed E-state index contributed by atoms with van der Waals surface area (Å²) in [4.78, 5) is 52.7. The van der Waals surface area contributed by atoms with Crippen LogP contribution in [-0.2, 0) is 39.1 Å². The highest BCUT2D eigenvalue weighted by molar-refractivity contribution is 6.30. The minimum Gasteiger partial charge on any atom is -0.481 e. The summed E-state index contributed by atoms with van der Waals surface area (Å²) in [5, 5.41) is 10.3. The summed E-state index contributed by atoms with van der Waals surface area (Å²) in [6, 6.07) is 9.45. The second kappa shape index (κ2) is 13.7. The molecule has 0 radical (unpaired) electrons. The highest BCUT2D eigenvalue weighted by Gasteiger charge is 2.70. The molecule has 4 fully saturated rings. The van der Waals surface area contributed by atoms with E-state index in [9.17, 15) is 24.3 Å². The molecule has 1 aromatic carbocycles. The van der Waals surface area contributed by atoms with Crippen molar-refractivity contribution < 1.29 is 24.2 Å². The molecule has 306 valence electrons. The van der Waals surface area contributed by atoms with Crippen molar-refractivity contribution in [3.05, 3.63) is 68.1 Å². The number of benzene rings is 1. The van der Waals surface area contributed by atoms with Crippen molar-refractivity contribution in [1.82, 2.24) is 9.36 Å². The first-order chi connectivity index (χ1) is 26.0. The Morgan fingerprint density at radius 1 is 0.929 bits per heavy atom. The van der Waals surface area contributed by atoms with E-state index in [2.05, 4.69) is 48.5 Å². The van der Waals surface area contributed by atoms with Gasteiger partial charge in [-0.2, -0.15) is 0 Å². The van der Waals surface area contributed by atoms with Gasteiger partial charge in [0.25, 0.3) is 5.56 Å². The number of halogens is 1. The zero-order chi connectivity index (χ0) is 41.0. The minimum atomic E-state index is -1.17. The molecule has 0 bridgehead atoms. The number of carboxylic acids is 1. The van der Waals surface area contributed by atoms with Crippen molar-refractivity contribution in [3.63, 3.8) is 0 Å². The molecule has 1 aromatic heterocycles. The Morgan fingerprint density at radius 3 is 2.25 bits per heavy atom. The van der Waals surface area contributed by atoms with Gasteiger partial charge in [0.1, 0.15) is 6.10 Å². The summed E-state index contributed by atoms with van der Waals surface area (Å²) >= 11 is 6.15. The zero-order valence-electron chi connectivity index (χ0n) is 35.5. The molecular weight excluding hydrogens is 724 g/mol. The molecule has 1 heterocycles. The maximum atomic E-state index is 14.3. The van der Waals surface area contributed by atoms with Crippen molar-refractivity contribution in [2.45, 2.75) is 146 Å². The first-order valence-electron chi connectivity index (χ1n) is 21.2. The third-order valence-electron chi connectivity index (χ3n) is 17.0. The zero-order valence-corrected chi connectivity index (χ0v) is 36.3. The molecule has 3 unspecified atom stereocenters. The van der Waals surface area contributed by atoms with Crippen molar-refractivity contribution in [1.29, 1.82) is 0 Å². The van der Waals surface area contributed by atoms with Gasteiger partial charge < -0.3 is 9.84 Å². The number of rotatable bonds is 9. The van der Waals surface area contributed by atoms with Gasteiger partial charge in [0.2, 0.25) is 0 Å². The summed E-state index contributed by atoms with van der Waals surface area (Å²) in [7, 11) is 1.99. The summed E-state index contributed by atoms with van der Waals surface area (Å²) in [6.07, 6.45) is 8.88. The largest absolute Gasteiger partial charge is 0.481 e. The number of fused-ring (bicyclic) bond motifs is 7. The summed E-state index contributed by atoms with van der Waals surface area (Å²) in [5.74, 6) is 0.190. The van der Waals surface area contributed by atoms with Crippen LogP contribution < -0.4 is 5.56 Å². The standard InChI is InChI=1S/C47H65ClN2O6/c1-28(2)39-33(51)25-47(24-31-23-37(52)50(49(31)10)27-29-11-13-30(48)14-12-29)22-21-45(8)32(40(39)47)15-16-35-44(7)19-18-36(56-38(53)26-42(3,4)41(54)55)43(5,6)34(44)17-20-46(35,45)9/h11-14,23,28,32,34-36H,15-22,24-27H2,1-10H3,(H,54,55)/t32?,34-,35+,36-,44-,45+,46?,47?/m0/s1. The molecule has 5 aliphatic rings. The van der Waals surface area contributed by atoms with E-state index < -0.39 is 17.4 Å². The van der Waals surface area contributed by atoms with Crippen LogP contribution in [0.2, 0.25) is 5.02 Å². The third kappa shape index (κ3) is 6.20. The average molecular weight is 789 g/mol. The maximum Gasteiger partial charge on any atom is 0.309 e. The molecule has 0 spiro atoms. The Bertz CT molecular complexity index is 2020. The van der Waals surface area contributed by atoms with Gasteiger partial charge in [-0.3, -0.25) is 23.9 Å². The van der Waals surface area contributed by atoms with Crippen LogP contribution in [0, 0.1) is 56.2 Å². The molecule has 0 amide bonds. The Balaban J connectivity index is 1.18. The van der Waals surface area contributed by atoms with Gasteiger partial charge in [-0.15, -0.1) is 0 Å². The molecule has 2 aromatic rings. The monoisotopic (exact) mass is 788 g/mol. The van der Waals surface area contributed by atoms with Gasteiger partial charge in [0.05, 0.1) is 18.4 Å². The number of carboxylic acid groups (broad SMARTS) is 1. The lowest BCUT2D eigenvalue weighted by molar-refractivity contribution is -0.233. The van der Waals surface area contributed by atoms with E-state index in [1.807, 2.05) is 36.0 Å². The lowest BCUT2D eigenvalue weighted by Crippen LogP contribution is -2.65. The molecule has 1 N–H and O–H groups in total. The topological polar surface area (TPSA) is 108 Å². The fraction of sp³-hybridized carbons (Fsp3) is 0.702. The summed E-state index contributed by atoms with van der Waals surface area (Å²) in [6.45, 7) is 20.2. The van der Waals surface area contributed by atoms with Crippen molar-refractivity contribution in [2.24, 2.45) is 63.2 Å². The molecule has 5 aliphatic carbocycles. The van der Waals surface area contributed by atoms with E-state index in [1.54, 1.807) is 24.6 Å². The van der Waals surface area contributed by atoms with Crippen LogP contribution >= 0.6 is 11.6 Å². The highest BCUT2D eigenvalue weighted by atomic mass is 35.5. The number of hydrogen-bond acceptors (Lipinski definition) is 5. The van der Waals surface area contributed by atoms with Gasteiger partial charge in [0, 0.05) is 41.1 Å². The van der Waals surface area contributed by atoms with Crippen LogP contribution in [0.25, 0.3) is 0 Å². The number of aliphatic carboxylic acids is 1. The van der Waals surface area contributed by atoms with Crippen molar-refractivity contribution in [2.75, 3.05) is 0 Å². The number of Topliss-reactive ketones (excluding diaryl/α,β-unsaturated/α-hetero) is 1. The molecule has 7 rings (SSSR count). The van der Waals surface area contributed by atoms with E-state index in [0.717, 1.165) is 68.2 Å². The number of allylic oxidation sites excluding steroid dienone is 2. The van der Waals surface area contributed by atoms with Crippen LogP contribution in [0.4, 0.5) is 0 Å². The Kier molecular flexibility index (Phi) is 10.1. The fourth-order valence-corrected chi connectivity index (χ4v) is 14.0. The molecule has 56 heavy (non-hydrogen) atoms. The first kappa shape index (κ1) is 41.0. The number of ketones is 1. The van der Waals surface area contributed by atoms with Crippen LogP contribution in [0.3, 0.4) is 0 Å².